The quantitative estimate of drug-likeness (QED) is 0.902. The van der Waals surface area contributed by atoms with E-state index in [-0.39, 0.29) is 5.76 Å². The van der Waals surface area contributed by atoms with Crippen molar-refractivity contribution in [3.05, 3.63) is 30.0 Å². The van der Waals surface area contributed by atoms with Crippen molar-refractivity contribution in [1.82, 2.24) is 0 Å². The smallest absolute Gasteiger partial charge is 0.371 e. The van der Waals surface area contributed by atoms with Gasteiger partial charge in [-0.25, -0.2) is 4.79 Å². The van der Waals surface area contributed by atoms with Gasteiger partial charge in [0.1, 0.15) is 11.3 Å². The minimum atomic E-state index is -1.05. The van der Waals surface area contributed by atoms with Crippen molar-refractivity contribution < 1.29 is 19.1 Å². The van der Waals surface area contributed by atoms with E-state index in [0.717, 1.165) is 29.9 Å². The maximum atomic E-state index is 10.8. The van der Waals surface area contributed by atoms with Crippen LogP contribution in [0.2, 0.25) is 0 Å². The van der Waals surface area contributed by atoms with Gasteiger partial charge in [0.15, 0.2) is 0 Å². The highest BCUT2D eigenvalue weighted by Crippen LogP contribution is 2.32. The summed E-state index contributed by atoms with van der Waals surface area (Å²) in [6, 6.07) is 6.92. The summed E-state index contributed by atoms with van der Waals surface area (Å²) >= 11 is 0. The number of ether oxygens (including phenoxy) is 1. The molecule has 4 nitrogen and oxygen atoms in total. The molecule has 1 aromatic carbocycles. The molecular formula is C14H14O4. The molecule has 1 aliphatic rings. The molecule has 0 radical (unpaired) electrons. The van der Waals surface area contributed by atoms with E-state index in [1.807, 2.05) is 12.1 Å². The zero-order valence-corrected chi connectivity index (χ0v) is 10.1. The highest BCUT2D eigenvalue weighted by Gasteiger charge is 2.27. The van der Waals surface area contributed by atoms with Gasteiger partial charge in [0.2, 0.25) is 5.76 Å². The Morgan fingerprint density at radius 1 is 1.39 bits per heavy atom. The zero-order chi connectivity index (χ0) is 12.7. The first kappa shape index (κ1) is 11.1. The van der Waals surface area contributed by atoms with Crippen LogP contribution in [0.25, 0.3) is 11.0 Å². The molecule has 4 heteroatoms. The fourth-order valence-electron chi connectivity index (χ4n) is 2.32. The minimum Gasteiger partial charge on any atom is -0.490 e. The fraction of sp³-hybridized carbons (Fsp3) is 0.357. The van der Waals surface area contributed by atoms with E-state index in [9.17, 15) is 4.79 Å². The molecule has 3 rings (SSSR count). The molecule has 1 fully saturated rings. The summed E-state index contributed by atoms with van der Waals surface area (Å²) in [7, 11) is 0. The van der Waals surface area contributed by atoms with Crippen LogP contribution < -0.4 is 4.74 Å². The minimum absolute atomic E-state index is 0.0422. The molecule has 0 atom stereocenters. The number of benzene rings is 1. The standard InChI is InChI=1S/C14H14O4/c1-8-4-11(5-8)17-10-2-3-12-9(6-10)7-13(18-12)14(15)16/h2-3,6-8,11H,4-5H2,1H3,(H,15,16)/t8-,11+. The van der Waals surface area contributed by atoms with Crippen molar-refractivity contribution >= 4 is 16.9 Å². The molecule has 94 valence electrons. The summed E-state index contributed by atoms with van der Waals surface area (Å²) in [5.41, 5.74) is 0.571. The van der Waals surface area contributed by atoms with Crippen LogP contribution in [-0.2, 0) is 0 Å². The summed E-state index contributed by atoms with van der Waals surface area (Å²) in [6.07, 6.45) is 2.47. The lowest BCUT2D eigenvalue weighted by molar-refractivity contribution is 0.0665. The second kappa shape index (κ2) is 4.05. The van der Waals surface area contributed by atoms with Gasteiger partial charge in [0.25, 0.3) is 0 Å². The molecule has 1 heterocycles. The van der Waals surface area contributed by atoms with E-state index in [1.165, 1.54) is 6.07 Å². The van der Waals surface area contributed by atoms with Gasteiger partial charge >= 0.3 is 5.97 Å². The lowest BCUT2D eigenvalue weighted by Crippen LogP contribution is -2.31. The SMILES string of the molecule is C[C@H]1C[C@@H](Oc2ccc3oc(C(=O)O)cc3c2)C1. The van der Waals surface area contributed by atoms with E-state index in [4.69, 9.17) is 14.3 Å². The van der Waals surface area contributed by atoms with E-state index < -0.39 is 5.97 Å². The van der Waals surface area contributed by atoms with Crippen molar-refractivity contribution in [3.8, 4) is 5.75 Å². The van der Waals surface area contributed by atoms with Crippen LogP contribution in [0.4, 0.5) is 0 Å². The van der Waals surface area contributed by atoms with Gasteiger partial charge in [-0.3, -0.25) is 0 Å². The van der Waals surface area contributed by atoms with Crippen molar-refractivity contribution in [1.29, 1.82) is 0 Å². The number of carbonyl (C=O) groups is 1. The van der Waals surface area contributed by atoms with Gasteiger partial charge in [0, 0.05) is 5.39 Å². The number of hydrogen-bond acceptors (Lipinski definition) is 3. The zero-order valence-electron chi connectivity index (χ0n) is 10.1. The molecule has 2 aromatic rings. The molecule has 18 heavy (non-hydrogen) atoms. The maximum absolute atomic E-state index is 10.8. The van der Waals surface area contributed by atoms with E-state index >= 15 is 0 Å². The lowest BCUT2D eigenvalue weighted by atomic mass is 9.84. The van der Waals surface area contributed by atoms with E-state index in [0.29, 0.717) is 11.7 Å². The van der Waals surface area contributed by atoms with Crippen LogP contribution in [0, 0.1) is 5.92 Å². The van der Waals surface area contributed by atoms with Gasteiger partial charge in [-0.2, -0.15) is 0 Å². The summed E-state index contributed by atoms with van der Waals surface area (Å²) in [5.74, 6) is 0.421. The second-order valence-electron chi connectivity index (χ2n) is 4.93. The van der Waals surface area contributed by atoms with Gasteiger partial charge < -0.3 is 14.3 Å². The molecule has 1 aromatic heterocycles. The Morgan fingerprint density at radius 3 is 2.83 bits per heavy atom. The van der Waals surface area contributed by atoms with Crippen molar-refractivity contribution in [3.63, 3.8) is 0 Å². The average Bonchev–Trinajstić information content (AvgIpc) is 2.70. The molecule has 0 saturated heterocycles. The first-order valence-corrected chi connectivity index (χ1v) is 6.05. The van der Waals surface area contributed by atoms with Crippen LogP contribution in [0.3, 0.4) is 0 Å². The Hall–Kier alpha value is -1.97. The normalized spacial score (nSPS) is 22.7. The molecule has 0 amide bonds. The number of rotatable bonds is 3. The van der Waals surface area contributed by atoms with Crippen LogP contribution in [0.15, 0.2) is 28.7 Å². The lowest BCUT2D eigenvalue weighted by Gasteiger charge is -2.32. The van der Waals surface area contributed by atoms with E-state index in [1.54, 1.807) is 6.07 Å². The Morgan fingerprint density at radius 2 is 2.17 bits per heavy atom. The molecule has 1 saturated carbocycles. The van der Waals surface area contributed by atoms with Crippen molar-refractivity contribution in [2.45, 2.75) is 25.9 Å². The number of carboxylic acids is 1. The van der Waals surface area contributed by atoms with Crippen LogP contribution in [0.5, 0.6) is 5.75 Å². The third-order valence-corrected chi connectivity index (χ3v) is 3.33. The highest BCUT2D eigenvalue weighted by atomic mass is 16.5. The largest absolute Gasteiger partial charge is 0.490 e. The second-order valence-corrected chi connectivity index (χ2v) is 4.93. The topological polar surface area (TPSA) is 59.7 Å². The summed E-state index contributed by atoms with van der Waals surface area (Å²) < 4.78 is 11.0. The highest BCUT2D eigenvalue weighted by molar-refractivity contribution is 5.91. The molecular weight excluding hydrogens is 232 g/mol. The maximum Gasteiger partial charge on any atom is 0.371 e. The van der Waals surface area contributed by atoms with Crippen LogP contribution >= 0.6 is 0 Å². The predicted octanol–water partition coefficient (Wildman–Crippen LogP) is 3.31. The molecule has 0 unspecified atom stereocenters. The average molecular weight is 246 g/mol. The number of fused-ring (bicyclic) bond motifs is 1. The Kier molecular flexibility index (Phi) is 2.51. The summed E-state index contributed by atoms with van der Waals surface area (Å²) in [6.45, 7) is 2.21. The Balaban J connectivity index is 1.84. The first-order chi connectivity index (χ1) is 8.61. The molecule has 0 aliphatic heterocycles. The van der Waals surface area contributed by atoms with E-state index in [2.05, 4.69) is 6.92 Å². The summed E-state index contributed by atoms with van der Waals surface area (Å²) in [5, 5.41) is 9.61. The Labute approximate surface area is 104 Å². The van der Waals surface area contributed by atoms with Gasteiger partial charge in [-0.1, -0.05) is 6.92 Å². The molecule has 0 spiro atoms. The fourth-order valence-corrected chi connectivity index (χ4v) is 2.32. The van der Waals surface area contributed by atoms with Crippen LogP contribution in [-0.4, -0.2) is 17.2 Å². The van der Waals surface area contributed by atoms with Crippen molar-refractivity contribution in [2.24, 2.45) is 5.92 Å². The molecule has 1 aliphatic carbocycles. The summed E-state index contributed by atoms with van der Waals surface area (Å²) in [4.78, 5) is 10.8. The monoisotopic (exact) mass is 246 g/mol. The number of aromatic carboxylic acids is 1. The van der Waals surface area contributed by atoms with Gasteiger partial charge in [0.05, 0.1) is 6.10 Å². The third-order valence-electron chi connectivity index (χ3n) is 3.33. The Bertz CT molecular complexity index is 593. The van der Waals surface area contributed by atoms with Gasteiger partial charge in [-0.15, -0.1) is 0 Å². The molecule has 1 N–H and O–H groups in total. The van der Waals surface area contributed by atoms with Crippen molar-refractivity contribution in [2.75, 3.05) is 0 Å². The number of furan rings is 1. The number of carboxylic acid groups (broad SMARTS) is 1. The predicted molar refractivity (Wildman–Crippen MR) is 66.0 cm³/mol. The number of hydrogen-bond donors (Lipinski definition) is 1. The van der Waals surface area contributed by atoms with Gasteiger partial charge in [-0.05, 0) is 43.0 Å². The first-order valence-electron chi connectivity index (χ1n) is 6.05. The third kappa shape index (κ3) is 1.94. The van der Waals surface area contributed by atoms with Crippen LogP contribution in [0.1, 0.15) is 30.3 Å². The molecule has 0 bridgehead atoms.